The molecule has 0 aliphatic carbocycles. The molecule has 2 aromatic rings. The summed E-state index contributed by atoms with van der Waals surface area (Å²) in [5, 5.41) is 1.51. The number of aromatic nitrogens is 2. The van der Waals surface area contributed by atoms with Gasteiger partial charge < -0.3 is 14.5 Å². The highest BCUT2D eigenvalue weighted by Crippen LogP contribution is 2.35. The maximum Gasteiger partial charge on any atom is 0.410 e. The molecule has 0 atom stereocenters. The lowest BCUT2D eigenvalue weighted by Gasteiger charge is -2.36. The van der Waals surface area contributed by atoms with E-state index in [2.05, 4.69) is 19.7 Å². The van der Waals surface area contributed by atoms with Crippen molar-refractivity contribution in [2.75, 3.05) is 31.1 Å². The Morgan fingerprint density at radius 1 is 1.29 bits per heavy atom. The van der Waals surface area contributed by atoms with Crippen molar-refractivity contribution in [3.63, 3.8) is 0 Å². The first-order chi connectivity index (χ1) is 11.4. The minimum atomic E-state index is -0.486. The van der Waals surface area contributed by atoms with Crippen molar-refractivity contribution in [1.29, 1.82) is 0 Å². The number of hydrogen-bond donors (Lipinski definition) is 0. The van der Waals surface area contributed by atoms with E-state index >= 15 is 0 Å². The molecule has 0 aromatic carbocycles. The van der Waals surface area contributed by atoms with Crippen LogP contribution in [0.25, 0.3) is 15.1 Å². The van der Waals surface area contributed by atoms with E-state index in [1.807, 2.05) is 26.8 Å². The van der Waals surface area contributed by atoms with Gasteiger partial charge in [0.2, 0.25) is 5.00 Å². The monoisotopic (exact) mass is 345 g/mol. The van der Waals surface area contributed by atoms with Crippen LogP contribution in [0.4, 0.5) is 15.6 Å². The molecule has 1 aliphatic heterocycles. The van der Waals surface area contributed by atoms with Crippen LogP contribution in [-0.4, -0.2) is 52.7 Å². The average molecular weight is 345 g/mol. The van der Waals surface area contributed by atoms with Crippen LogP contribution in [0.15, 0.2) is 12.4 Å². The SMILES string of the molecule is [C-]#[N+]c1cc2c(N3CCN(C(=O)OC(C)(C)C)CC3)ncnc2s1. The van der Waals surface area contributed by atoms with Crippen LogP contribution in [0, 0.1) is 6.57 Å². The molecule has 0 bridgehead atoms. The van der Waals surface area contributed by atoms with Crippen LogP contribution in [-0.2, 0) is 4.74 Å². The predicted molar refractivity (Wildman–Crippen MR) is 93.7 cm³/mol. The molecule has 1 aliphatic rings. The topological polar surface area (TPSA) is 62.9 Å². The van der Waals surface area contributed by atoms with Gasteiger partial charge in [-0.3, -0.25) is 0 Å². The molecule has 24 heavy (non-hydrogen) atoms. The summed E-state index contributed by atoms with van der Waals surface area (Å²) in [4.78, 5) is 28.9. The van der Waals surface area contributed by atoms with Crippen molar-refractivity contribution in [3.8, 4) is 0 Å². The van der Waals surface area contributed by atoms with Gasteiger partial charge >= 0.3 is 6.09 Å². The van der Waals surface area contributed by atoms with Crippen molar-refractivity contribution in [2.45, 2.75) is 26.4 Å². The largest absolute Gasteiger partial charge is 0.444 e. The summed E-state index contributed by atoms with van der Waals surface area (Å²) in [5.74, 6) is 0.829. The summed E-state index contributed by atoms with van der Waals surface area (Å²) >= 11 is 1.37. The van der Waals surface area contributed by atoms with Crippen LogP contribution in [0.1, 0.15) is 20.8 Å². The van der Waals surface area contributed by atoms with Crippen molar-refractivity contribution in [2.24, 2.45) is 0 Å². The number of piperazine rings is 1. The predicted octanol–water partition coefficient (Wildman–Crippen LogP) is 3.30. The lowest BCUT2D eigenvalue weighted by atomic mass is 10.2. The van der Waals surface area contributed by atoms with E-state index in [9.17, 15) is 4.79 Å². The number of fused-ring (bicyclic) bond motifs is 1. The number of carbonyl (C=O) groups is 1. The Bertz CT molecular complexity index is 797. The first-order valence-corrected chi connectivity index (χ1v) is 8.54. The Labute approximate surface area is 144 Å². The normalized spacial score (nSPS) is 15.4. The molecule has 1 amide bonds. The van der Waals surface area contributed by atoms with Crippen LogP contribution >= 0.6 is 11.3 Å². The van der Waals surface area contributed by atoms with E-state index < -0.39 is 5.60 Å². The van der Waals surface area contributed by atoms with Crippen LogP contribution in [0.3, 0.4) is 0 Å². The fourth-order valence-corrected chi connectivity index (χ4v) is 3.35. The molecule has 0 radical (unpaired) electrons. The molecule has 0 saturated carbocycles. The minimum absolute atomic E-state index is 0.277. The highest BCUT2D eigenvalue weighted by atomic mass is 32.1. The molecule has 3 heterocycles. The average Bonchev–Trinajstić information content (AvgIpc) is 2.96. The third kappa shape index (κ3) is 3.41. The van der Waals surface area contributed by atoms with Gasteiger partial charge in [0.15, 0.2) is 0 Å². The van der Waals surface area contributed by atoms with Gasteiger partial charge in [-0.15, -0.1) is 11.3 Å². The molecule has 0 unspecified atom stereocenters. The second-order valence-electron chi connectivity index (χ2n) is 6.57. The Hall–Kier alpha value is -2.40. The second kappa shape index (κ2) is 6.24. The molecule has 2 aromatic heterocycles. The summed E-state index contributed by atoms with van der Waals surface area (Å²) < 4.78 is 5.42. The Morgan fingerprint density at radius 2 is 2.00 bits per heavy atom. The summed E-state index contributed by atoms with van der Waals surface area (Å²) in [6.45, 7) is 15.3. The maximum atomic E-state index is 12.1. The van der Waals surface area contributed by atoms with Crippen molar-refractivity contribution in [1.82, 2.24) is 14.9 Å². The van der Waals surface area contributed by atoms with Gasteiger partial charge in [-0.05, 0) is 26.8 Å². The number of rotatable bonds is 1. The Kier molecular flexibility index (Phi) is 4.28. The summed E-state index contributed by atoms with van der Waals surface area (Å²) in [7, 11) is 0. The van der Waals surface area contributed by atoms with Crippen molar-refractivity contribution >= 4 is 38.5 Å². The summed E-state index contributed by atoms with van der Waals surface area (Å²) in [5.41, 5.74) is -0.486. The number of anilines is 1. The highest BCUT2D eigenvalue weighted by Gasteiger charge is 2.27. The number of hydrogen-bond acceptors (Lipinski definition) is 6. The van der Waals surface area contributed by atoms with Crippen molar-refractivity contribution in [3.05, 3.63) is 23.8 Å². The fourth-order valence-electron chi connectivity index (χ4n) is 2.56. The van der Waals surface area contributed by atoms with E-state index in [0.717, 1.165) is 16.0 Å². The second-order valence-corrected chi connectivity index (χ2v) is 7.58. The van der Waals surface area contributed by atoms with Gasteiger partial charge in [-0.2, -0.15) is 0 Å². The van der Waals surface area contributed by atoms with Gasteiger partial charge in [0.25, 0.3) is 0 Å². The molecular weight excluding hydrogens is 326 g/mol. The van der Waals surface area contributed by atoms with E-state index in [0.29, 0.717) is 31.2 Å². The number of thiophene rings is 1. The Balaban J connectivity index is 1.72. The zero-order valence-corrected chi connectivity index (χ0v) is 14.8. The van der Waals surface area contributed by atoms with E-state index in [4.69, 9.17) is 11.3 Å². The quantitative estimate of drug-likeness (QED) is 0.742. The third-order valence-electron chi connectivity index (χ3n) is 3.64. The van der Waals surface area contributed by atoms with Gasteiger partial charge in [-0.1, -0.05) is 0 Å². The summed E-state index contributed by atoms with van der Waals surface area (Å²) in [6.07, 6.45) is 1.25. The minimum Gasteiger partial charge on any atom is -0.444 e. The first-order valence-electron chi connectivity index (χ1n) is 7.72. The molecule has 3 rings (SSSR count). The Morgan fingerprint density at radius 3 is 2.62 bits per heavy atom. The van der Waals surface area contributed by atoms with Crippen molar-refractivity contribution < 1.29 is 9.53 Å². The zero-order valence-electron chi connectivity index (χ0n) is 13.9. The third-order valence-corrected chi connectivity index (χ3v) is 4.57. The van der Waals surface area contributed by atoms with Gasteiger partial charge in [0, 0.05) is 31.6 Å². The summed E-state index contributed by atoms with van der Waals surface area (Å²) in [6, 6.07) is 1.84. The molecule has 126 valence electrons. The molecular formula is C16H19N5O2S. The van der Waals surface area contributed by atoms with Gasteiger partial charge in [0.1, 0.15) is 22.6 Å². The van der Waals surface area contributed by atoms with Crippen LogP contribution in [0.2, 0.25) is 0 Å². The number of carbonyl (C=O) groups excluding carboxylic acids is 1. The van der Waals surface area contributed by atoms with Crippen LogP contribution in [0.5, 0.6) is 0 Å². The van der Waals surface area contributed by atoms with E-state index in [1.165, 1.54) is 17.7 Å². The maximum absolute atomic E-state index is 12.1. The molecule has 0 spiro atoms. The molecule has 1 saturated heterocycles. The van der Waals surface area contributed by atoms with Crippen LogP contribution < -0.4 is 4.90 Å². The number of nitrogens with zero attached hydrogens (tertiary/aromatic N) is 5. The smallest absolute Gasteiger partial charge is 0.410 e. The molecule has 0 N–H and O–H groups in total. The highest BCUT2D eigenvalue weighted by molar-refractivity contribution is 7.22. The fraction of sp³-hybridized carbons (Fsp3) is 0.500. The standard InChI is InChI=1S/C16H19N5O2S/c1-16(2,3)23-15(22)21-7-5-20(6-8-21)13-11-9-12(17-4)24-14(11)19-10-18-13/h9-10H,5-8H2,1-3H3. The number of amides is 1. The molecule has 7 nitrogen and oxygen atoms in total. The molecule has 1 fully saturated rings. The van der Waals surface area contributed by atoms with Gasteiger partial charge in [-0.25, -0.2) is 19.6 Å². The van der Waals surface area contributed by atoms with E-state index in [1.54, 1.807) is 4.90 Å². The molecule has 8 heteroatoms. The zero-order chi connectivity index (χ0) is 17.3. The van der Waals surface area contributed by atoms with Gasteiger partial charge in [0.05, 0.1) is 6.57 Å². The number of ether oxygens (including phenoxy) is 1. The first kappa shape index (κ1) is 16.5. The lowest BCUT2D eigenvalue weighted by molar-refractivity contribution is 0.0240. The van der Waals surface area contributed by atoms with E-state index in [-0.39, 0.29) is 6.09 Å². The lowest BCUT2D eigenvalue weighted by Crippen LogP contribution is -2.50.